The lowest BCUT2D eigenvalue weighted by Gasteiger charge is -2.04. The summed E-state index contributed by atoms with van der Waals surface area (Å²) in [5.41, 5.74) is 1.02. The minimum absolute atomic E-state index is 0.0495. The van der Waals surface area contributed by atoms with Gasteiger partial charge in [-0.2, -0.15) is 5.26 Å². The van der Waals surface area contributed by atoms with E-state index in [9.17, 15) is 4.79 Å². The number of methoxy groups -OCH3 is 1. The van der Waals surface area contributed by atoms with Crippen molar-refractivity contribution >= 4 is 5.97 Å². The van der Waals surface area contributed by atoms with Gasteiger partial charge in [0, 0.05) is 7.05 Å². The molecule has 0 saturated heterocycles. The van der Waals surface area contributed by atoms with E-state index in [1.807, 2.05) is 36.4 Å². The van der Waals surface area contributed by atoms with Crippen LogP contribution < -0.4 is 4.74 Å². The number of rotatable bonds is 4. The number of ether oxygens (including phenoxy) is 2. The Kier molecular flexibility index (Phi) is 4.01. The number of carbonyl (C=O) groups excluding carboxylic acids is 1. The van der Waals surface area contributed by atoms with Crippen molar-refractivity contribution in [3.05, 3.63) is 47.2 Å². The van der Waals surface area contributed by atoms with E-state index in [2.05, 4.69) is 5.10 Å². The molecule has 2 aromatic rings. The van der Waals surface area contributed by atoms with Crippen LogP contribution in [-0.2, 0) is 18.4 Å². The molecule has 102 valence electrons. The van der Waals surface area contributed by atoms with Crippen LogP contribution in [0.1, 0.15) is 21.6 Å². The summed E-state index contributed by atoms with van der Waals surface area (Å²) in [6.07, 6.45) is 0. The van der Waals surface area contributed by atoms with Gasteiger partial charge in [-0.3, -0.25) is 4.68 Å². The van der Waals surface area contributed by atoms with Crippen LogP contribution in [0.4, 0.5) is 0 Å². The fraction of sp³-hybridized carbons (Fsp3) is 0.214. The standard InChI is InChI=1S/C14H13N3O3/c1-17-11(8-15)12(13(16-17)19-2)14(18)20-9-10-6-4-3-5-7-10/h3-7H,9H2,1-2H3. The molecule has 0 saturated carbocycles. The number of benzene rings is 1. The van der Waals surface area contributed by atoms with Crippen molar-refractivity contribution in [1.82, 2.24) is 9.78 Å². The average Bonchev–Trinajstić information content (AvgIpc) is 2.81. The van der Waals surface area contributed by atoms with Crippen LogP contribution in [0.3, 0.4) is 0 Å². The van der Waals surface area contributed by atoms with E-state index in [-0.39, 0.29) is 23.7 Å². The molecule has 0 aliphatic carbocycles. The summed E-state index contributed by atoms with van der Waals surface area (Å²) in [7, 11) is 2.95. The number of hydrogen-bond acceptors (Lipinski definition) is 5. The SMILES string of the molecule is COc1nn(C)c(C#N)c1C(=O)OCc1ccccc1. The molecule has 0 aliphatic rings. The molecule has 0 radical (unpaired) electrons. The molecule has 1 heterocycles. The maximum Gasteiger partial charge on any atom is 0.347 e. The summed E-state index contributed by atoms with van der Waals surface area (Å²) < 4.78 is 11.5. The molecule has 0 atom stereocenters. The molecule has 6 heteroatoms. The van der Waals surface area contributed by atoms with Crippen LogP contribution in [0.5, 0.6) is 5.88 Å². The van der Waals surface area contributed by atoms with Gasteiger partial charge in [-0.1, -0.05) is 30.3 Å². The predicted octanol–water partition coefficient (Wildman–Crippen LogP) is 1.66. The van der Waals surface area contributed by atoms with E-state index >= 15 is 0 Å². The van der Waals surface area contributed by atoms with E-state index in [1.54, 1.807) is 7.05 Å². The molecule has 0 spiro atoms. The summed E-state index contributed by atoms with van der Waals surface area (Å²) in [6, 6.07) is 11.2. The highest BCUT2D eigenvalue weighted by molar-refractivity contribution is 5.94. The van der Waals surface area contributed by atoms with Crippen molar-refractivity contribution in [1.29, 1.82) is 5.26 Å². The molecule has 0 fully saturated rings. The highest BCUT2D eigenvalue weighted by Gasteiger charge is 2.25. The van der Waals surface area contributed by atoms with E-state index < -0.39 is 5.97 Å². The molecular weight excluding hydrogens is 258 g/mol. The molecule has 0 aliphatic heterocycles. The molecular formula is C14H13N3O3. The fourth-order valence-electron chi connectivity index (χ4n) is 1.75. The number of esters is 1. The summed E-state index contributed by atoms with van der Waals surface area (Å²) in [5.74, 6) is -0.544. The highest BCUT2D eigenvalue weighted by atomic mass is 16.5. The molecule has 2 rings (SSSR count). The number of aryl methyl sites for hydroxylation is 1. The lowest BCUT2D eigenvalue weighted by atomic mass is 10.2. The van der Waals surface area contributed by atoms with Crippen LogP contribution >= 0.6 is 0 Å². The van der Waals surface area contributed by atoms with Gasteiger partial charge in [0.2, 0.25) is 5.88 Å². The maximum absolute atomic E-state index is 12.1. The van der Waals surface area contributed by atoms with Crippen LogP contribution in [0, 0.1) is 11.3 Å². The second kappa shape index (κ2) is 5.89. The summed E-state index contributed by atoms with van der Waals surface area (Å²) >= 11 is 0. The van der Waals surface area contributed by atoms with E-state index in [1.165, 1.54) is 11.8 Å². The molecule has 0 N–H and O–H groups in total. The van der Waals surface area contributed by atoms with Gasteiger partial charge in [0.15, 0.2) is 11.3 Å². The molecule has 0 unspecified atom stereocenters. The minimum Gasteiger partial charge on any atom is -0.479 e. The first-order valence-electron chi connectivity index (χ1n) is 5.89. The Morgan fingerprint density at radius 2 is 2.10 bits per heavy atom. The van der Waals surface area contributed by atoms with Crippen LogP contribution in [-0.4, -0.2) is 22.9 Å². The topological polar surface area (TPSA) is 77.1 Å². The van der Waals surface area contributed by atoms with E-state index in [0.29, 0.717) is 0 Å². The van der Waals surface area contributed by atoms with Crippen LogP contribution in [0.25, 0.3) is 0 Å². The van der Waals surface area contributed by atoms with Gasteiger partial charge in [-0.05, 0) is 5.56 Å². The average molecular weight is 271 g/mol. The second-order valence-corrected chi connectivity index (χ2v) is 4.03. The third-order valence-electron chi connectivity index (χ3n) is 2.73. The molecule has 20 heavy (non-hydrogen) atoms. The Morgan fingerprint density at radius 1 is 1.40 bits per heavy atom. The van der Waals surface area contributed by atoms with Crippen molar-refractivity contribution in [2.45, 2.75) is 6.61 Å². The molecule has 1 aromatic carbocycles. The van der Waals surface area contributed by atoms with Gasteiger partial charge < -0.3 is 9.47 Å². The van der Waals surface area contributed by atoms with Crippen molar-refractivity contribution < 1.29 is 14.3 Å². The smallest absolute Gasteiger partial charge is 0.347 e. The zero-order valence-electron chi connectivity index (χ0n) is 11.2. The Balaban J connectivity index is 2.19. The largest absolute Gasteiger partial charge is 0.479 e. The van der Waals surface area contributed by atoms with Crippen LogP contribution in [0.2, 0.25) is 0 Å². The van der Waals surface area contributed by atoms with Gasteiger partial charge in [0.25, 0.3) is 0 Å². The maximum atomic E-state index is 12.1. The summed E-state index contributed by atoms with van der Waals surface area (Å²) in [6.45, 7) is 0.128. The Hall–Kier alpha value is -2.81. The number of carbonyl (C=O) groups is 1. The first-order valence-corrected chi connectivity index (χ1v) is 5.89. The first-order chi connectivity index (χ1) is 9.67. The van der Waals surface area contributed by atoms with Crippen molar-refractivity contribution in [3.63, 3.8) is 0 Å². The molecule has 6 nitrogen and oxygen atoms in total. The molecule has 0 amide bonds. The Morgan fingerprint density at radius 3 is 2.70 bits per heavy atom. The Bertz CT molecular complexity index is 656. The third-order valence-corrected chi connectivity index (χ3v) is 2.73. The number of hydrogen-bond donors (Lipinski definition) is 0. The normalized spacial score (nSPS) is 9.85. The first kappa shape index (κ1) is 13.6. The monoisotopic (exact) mass is 271 g/mol. The fourth-order valence-corrected chi connectivity index (χ4v) is 1.75. The third kappa shape index (κ3) is 2.62. The van der Waals surface area contributed by atoms with Gasteiger partial charge >= 0.3 is 5.97 Å². The summed E-state index contributed by atoms with van der Waals surface area (Å²) in [5, 5.41) is 13.0. The van der Waals surface area contributed by atoms with Crippen molar-refractivity contribution in [3.8, 4) is 11.9 Å². The summed E-state index contributed by atoms with van der Waals surface area (Å²) in [4.78, 5) is 12.1. The predicted molar refractivity (Wildman–Crippen MR) is 70.0 cm³/mol. The number of aromatic nitrogens is 2. The lowest BCUT2D eigenvalue weighted by molar-refractivity contribution is 0.0468. The van der Waals surface area contributed by atoms with Gasteiger partial charge in [-0.15, -0.1) is 5.10 Å². The number of nitrogens with zero attached hydrogens (tertiary/aromatic N) is 3. The zero-order chi connectivity index (χ0) is 14.5. The van der Waals surface area contributed by atoms with Gasteiger partial charge in [0.1, 0.15) is 12.7 Å². The Labute approximate surface area is 116 Å². The van der Waals surface area contributed by atoms with E-state index in [4.69, 9.17) is 14.7 Å². The van der Waals surface area contributed by atoms with E-state index in [0.717, 1.165) is 5.56 Å². The zero-order valence-corrected chi connectivity index (χ0v) is 11.2. The second-order valence-electron chi connectivity index (χ2n) is 4.03. The van der Waals surface area contributed by atoms with Gasteiger partial charge in [-0.25, -0.2) is 4.79 Å². The van der Waals surface area contributed by atoms with Crippen molar-refractivity contribution in [2.24, 2.45) is 7.05 Å². The highest BCUT2D eigenvalue weighted by Crippen LogP contribution is 2.21. The van der Waals surface area contributed by atoms with Crippen molar-refractivity contribution in [2.75, 3.05) is 7.11 Å². The van der Waals surface area contributed by atoms with Crippen LogP contribution in [0.15, 0.2) is 30.3 Å². The lowest BCUT2D eigenvalue weighted by Crippen LogP contribution is -2.08. The molecule has 1 aromatic heterocycles. The minimum atomic E-state index is -0.629. The quantitative estimate of drug-likeness (QED) is 0.790. The molecule has 0 bridgehead atoms. The van der Waals surface area contributed by atoms with Gasteiger partial charge in [0.05, 0.1) is 7.11 Å². The number of nitriles is 1.